The zero-order valence-electron chi connectivity index (χ0n) is 15.5. The summed E-state index contributed by atoms with van der Waals surface area (Å²) >= 11 is 0. The quantitative estimate of drug-likeness (QED) is 0.320. The highest BCUT2D eigenvalue weighted by Gasteiger charge is 2.43. The van der Waals surface area contributed by atoms with Gasteiger partial charge in [0.05, 0.1) is 12.6 Å². The molecule has 27 heavy (non-hydrogen) atoms. The number of nitrogens with zero attached hydrogens (tertiary/aromatic N) is 1. The molecule has 1 fully saturated rings. The van der Waals surface area contributed by atoms with Crippen LogP contribution in [0.5, 0.6) is 0 Å². The van der Waals surface area contributed by atoms with Crippen molar-refractivity contribution in [2.75, 3.05) is 19.6 Å². The highest BCUT2D eigenvalue weighted by atomic mass is 127. The Morgan fingerprint density at radius 3 is 2.41 bits per heavy atom. The van der Waals surface area contributed by atoms with Gasteiger partial charge in [-0.1, -0.05) is 48.5 Å². The maximum atomic E-state index is 13.8. The van der Waals surface area contributed by atoms with Crippen LogP contribution < -0.4 is 10.6 Å². The zero-order valence-corrected chi connectivity index (χ0v) is 17.8. The molecule has 3 rings (SSSR count). The van der Waals surface area contributed by atoms with Crippen LogP contribution in [-0.2, 0) is 5.41 Å². The lowest BCUT2D eigenvalue weighted by Gasteiger charge is -2.18. The highest BCUT2D eigenvalue weighted by molar-refractivity contribution is 14.0. The van der Waals surface area contributed by atoms with E-state index in [1.165, 1.54) is 11.6 Å². The second-order valence-electron chi connectivity index (χ2n) is 6.76. The van der Waals surface area contributed by atoms with Crippen LogP contribution in [-0.4, -0.2) is 30.7 Å². The Kier molecular flexibility index (Phi) is 8.04. The predicted molar refractivity (Wildman–Crippen MR) is 118 cm³/mol. The molecule has 1 atom stereocenters. The SMILES string of the molecule is CCNC(=NCC1(c2ccccc2)CC1)NCC(O)c1ccccc1F.I. The third-order valence-corrected chi connectivity index (χ3v) is 4.85. The molecule has 0 spiro atoms. The fourth-order valence-corrected chi connectivity index (χ4v) is 3.10. The number of aliphatic imine (C=N–C) groups is 1. The van der Waals surface area contributed by atoms with Crippen LogP contribution in [0.25, 0.3) is 0 Å². The Morgan fingerprint density at radius 2 is 1.78 bits per heavy atom. The summed E-state index contributed by atoms with van der Waals surface area (Å²) in [4.78, 5) is 4.70. The van der Waals surface area contributed by atoms with E-state index in [9.17, 15) is 9.50 Å². The molecular formula is C21H27FIN3O. The van der Waals surface area contributed by atoms with Crippen molar-refractivity contribution in [2.45, 2.75) is 31.3 Å². The van der Waals surface area contributed by atoms with E-state index in [0.29, 0.717) is 18.1 Å². The first-order valence-electron chi connectivity index (χ1n) is 9.15. The molecule has 1 aliphatic carbocycles. The molecule has 1 aliphatic rings. The van der Waals surface area contributed by atoms with Gasteiger partial charge in [-0.3, -0.25) is 4.99 Å². The lowest BCUT2D eigenvalue weighted by molar-refractivity contribution is 0.176. The first kappa shape index (κ1) is 21.6. The number of hydrogen-bond donors (Lipinski definition) is 3. The summed E-state index contributed by atoms with van der Waals surface area (Å²) in [6, 6.07) is 16.8. The fourth-order valence-electron chi connectivity index (χ4n) is 3.10. The number of nitrogens with one attached hydrogen (secondary N) is 2. The van der Waals surface area contributed by atoms with E-state index < -0.39 is 11.9 Å². The largest absolute Gasteiger partial charge is 0.386 e. The Hall–Kier alpha value is -1.67. The van der Waals surface area contributed by atoms with Crippen molar-refractivity contribution in [3.8, 4) is 0 Å². The molecule has 2 aromatic rings. The summed E-state index contributed by atoms with van der Waals surface area (Å²) < 4.78 is 13.8. The summed E-state index contributed by atoms with van der Waals surface area (Å²) in [5.74, 6) is 0.245. The van der Waals surface area contributed by atoms with Crippen LogP contribution in [0.3, 0.4) is 0 Å². The summed E-state index contributed by atoms with van der Waals surface area (Å²) in [5.41, 5.74) is 1.75. The molecule has 0 aliphatic heterocycles. The van der Waals surface area contributed by atoms with E-state index in [4.69, 9.17) is 4.99 Å². The van der Waals surface area contributed by atoms with Crippen molar-refractivity contribution in [1.82, 2.24) is 10.6 Å². The smallest absolute Gasteiger partial charge is 0.191 e. The number of hydrogen-bond acceptors (Lipinski definition) is 2. The van der Waals surface area contributed by atoms with Gasteiger partial charge < -0.3 is 15.7 Å². The minimum atomic E-state index is -0.927. The van der Waals surface area contributed by atoms with Crippen molar-refractivity contribution in [1.29, 1.82) is 0 Å². The average Bonchev–Trinajstić information content (AvgIpc) is 3.46. The van der Waals surface area contributed by atoms with Gasteiger partial charge in [-0.15, -0.1) is 24.0 Å². The number of aliphatic hydroxyl groups excluding tert-OH is 1. The zero-order chi connectivity index (χ0) is 18.4. The molecular weight excluding hydrogens is 456 g/mol. The Balaban J connectivity index is 0.00000261. The monoisotopic (exact) mass is 483 g/mol. The van der Waals surface area contributed by atoms with E-state index >= 15 is 0 Å². The van der Waals surface area contributed by atoms with Gasteiger partial charge in [-0.05, 0) is 31.4 Å². The van der Waals surface area contributed by atoms with Gasteiger partial charge in [0.1, 0.15) is 5.82 Å². The number of aliphatic hydroxyl groups is 1. The van der Waals surface area contributed by atoms with Crippen molar-refractivity contribution >= 4 is 29.9 Å². The molecule has 1 unspecified atom stereocenters. The van der Waals surface area contributed by atoms with E-state index in [-0.39, 0.29) is 35.9 Å². The first-order valence-corrected chi connectivity index (χ1v) is 9.15. The number of rotatable bonds is 7. The Morgan fingerprint density at radius 1 is 1.11 bits per heavy atom. The van der Waals surface area contributed by atoms with E-state index in [0.717, 1.165) is 19.4 Å². The molecule has 0 saturated heterocycles. The molecule has 2 aromatic carbocycles. The molecule has 0 bridgehead atoms. The molecule has 6 heteroatoms. The van der Waals surface area contributed by atoms with Crippen LogP contribution in [0.1, 0.15) is 37.0 Å². The minimum Gasteiger partial charge on any atom is -0.386 e. The van der Waals surface area contributed by atoms with Gasteiger partial charge in [0.2, 0.25) is 0 Å². The molecule has 0 aromatic heterocycles. The normalized spacial score (nSPS) is 16.2. The summed E-state index contributed by atoms with van der Waals surface area (Å²) in [6.07, 6.45) is 1.35. The minimum absolute atomic E-state index is 0. The molecule has 0 radical (unpaired) electrons. The van der Waals surface area contributed by atoms with Crippen LogP contribution in [0, 0.1) is 5.82 Å². The lowest BCUT2D eigenvalue weighted by atomic mass is 9.96. The van der Waals surface area contributed by atoms with Gasteiger partial charge in [0, 0.05) is 24.1 Å². The van der Waals surface area contributed by atoms with Crippen LogP contribution in [0.2, 0.25) is 0 Å². The van der Waals surface area contributed by atoms with Crippen LogP contribution >= 0.6 is 24.0 Å². The second-order valence-corrected chi connectivity index (χ2v) is 6.76. The van der Waals surface area contributed by atoms with Gasteiger partial charge in [-0.25, -0.2) is 4.39 Å². The van der Waals surface area contributed by atoms with Gasteiger partial charge in [-0.2, -0.15) is 0 Å². The number of halogens is 2. The lowest BCUT2D eigenvalue weighted by Crippen LogP contribution is -2.40. The van der Waals surface area contributed by atoms with Crippen molar-refractivity contribution in [3.63, 3.8) is 0 Å². The molecule has 0 amide bonds. The van der Waals surface area contributed by atoms with Crippen LogP contribution in [0.4, 0.5) is 4.39 Å². The molecule has 1 saturated carbocycles. The van der Waals surface area contributed by atoms with Gasteiger partial charge in [0.15, 0.2) is 5.96 Å². The summed E-state index contributed by atoms with van der Waals surface area (Å²) in [7, 11) is 0. The molecule has 4 nitrogen and oxygen atoms in total. The standard InChI is InChI=1S/C21H26FN3O.HI/c1-2-23-20(24-14-19(26)17-10-6-7-11-18(17)22)25-15-21(12-13-21)16-8-4-3-5-9-16;/h3-11,19,26H,2,12-15H2,1H3,(H2,23,24,25);1H. The predicted octanol–water partition coefficient (Wildman–Crippen LogP) is 3.76. The molecule has 3 N–H and O–H groups in total. The van der Waals surface area contributed by atoms with E-state index in [2.05, 4.69) is 34.9 Å². The summed E-state index contributed by atoms with van der Waals surface area (Å²) in [6.45, 7) is 3.61. The number of benzene rings is 2. The number of guanidine groups is 1. The maximum absolute atomic E-state index is 13.8. The van der Waals surface area contributed by atoms with Gasteiger partial charge >= 0.3 is 0 Å². The maximum Gasteiger partial charge on any atom is 0.191 e. The van der Waals surface area contributed by atoms with Crippen LogP contribution in [0.15, 0.2) is 59.6 Å². The average molecular weight is 483 g/mol. The van der Waals surface area contributed by atoms with Crippen molar-refractivity contribution in [2.24, 2.45) is 4.99 Å². The first-order chi connectivity index (χ1) is 12.6. The third kappa shape index (κ3) is 5.65. The Bertz CT molecular complexity index is 750. The van der Waals surface area contributed by atoms with Crippen molar-refractivity contribution in [3.05, 3.63) is 71.5 Å². The highest BCUT2D eigenvalue weighted by Crippen LogP contribution is 2.48. The Labute approximate surface area is 177 Å². The fraction of sp³-hybridized carbons (Fsp3) is 0.381. The molecule has 146 valence electrons. The van der Waals surface area contributed by atoms with Crippen molar-refractivity contribution < 1.29 is 9.50 Å². The summed E-state index contributed by atoms with van der Waals surface area (Å²) in [5, 5.41) is 16.6. The van der Waals surface area contributed by atoms with E-state index in [1.807, 2.05) is 13.0 Å². The third-order valence-electron chi connectivity index (χ3n) is 4.85. The molecule has 0 heterocycles. The second kappa shape index (κ2) is 10.0. The van der Waals surface area contributed by atoms with Gasteiger partial charge in [0.25, 0.3) is 0 Å². The topological polar surface area (TPSA) is 56.7 Å². The van der Waals surface area contributed by atoms with E-state index in [1.54, 1.807) is 18.2 Å².